The van der Waals surface area contributed by atoms with Crippen LogP contribution in [0.3, 0.4) is 0 Å². The van der Waals surface area contributed by atoms with Crippen LogP contribution in [0.2, 0.25) is 0 Å². The summed E-state index contributed by atoms with van der Waals surface area (Å²) in [7, 11) is 4.54. The molecule has 34 heavy (non-hydrogen) atoms. The summed E-state index contributed by atoms with van der Waals surface area (Å²) < 4.78 is 22.1. The van der Waals surface area contributed by atoms with Crippen LogP contribution in [0.15, 0.2) is 60.7 Å². The van der Waals surface area contributed by atoms with Crippen LogP contribution in [0.25, 0.3) is 12.2 Å². The molecule has 1 aliphatic rings. The van der Waals surface area contributed by atoms with E-state index >= 15 is 0 Å². The van der Waals surface area contributed by atoms with Crippen molar-refractivity contribution in [3.8, 4) is 17.2 Å². The van der Waals surface area contributed by atoms with E-state index in [1.165, 1.54) is 21.3 Å². The Kier molecular flexibility index (Phi) is 10.2. The molecule has 0 N–H and O–H groups in total. The Morgan fingerprint density at radius 1 is 0.676 bits per heavy atom. The molecular weight excluding hydrogens is 428 g/mol. The molecule has 0 bridgehead atoms. The standard InChI is InChI=1S/C25H22O5.2C2H6/c1-27-21-14-18(15-22(28-2)24(21)29-3)25(26)30-23-19-10-6-4-8-16(19)12-13-17-9-5-7-11-20(17)23;2*1-2/h4-15,23H,1-3H3;2*1-2H3. The molecule has 0 atom stereocenters. The highest BCUT2D eigenvalue weighted by Crippen LogP contribution is 2.40. The van der Waals surface area contributed by atoms with E-state index in [1.807, 2.05) is 88.4 Å². The van der Waals surface area contributed by atoms with Gasteiger partial charge >= 0.3 is 5.97 Å². The molecule has 0 radical (unpaired) electrons. The average molecular weight is 463 g/mol. The number of carbonyl (C=O) groups is 1. The van der Waals surface area contributed by atoms with Gasteiger partial charge in [0.25, 0.3) is 0 Å². The average Bonchev–Trinajstić information content (AvgIpc) is 3.07. The van der Waals surface area contributed by atoms with Gasteiger partial charge in [0, 0.05) is 11.1 Å². The Morgan fingerprint density at radius 3 is 1.53 bits per heavy atom. The van der Waals surface area contributed by atoms with Crippen LogP contribution >= 0.6 is 0 Å². The monoisotopic (exact) mass is 462 g/mol. The first-order chi connectivity index (χ1) is 16.7. The number of esters is 1. The highest BCUT2D eigenvalue weighted by molar-refractivity contribution is 5.92. The van der Waals surface area contributed by atoms with Crippen molar-refractivity contribution in [1.82, 2.24) is 0 Å². The first-order valence-electron chi connectivity index (χ1n) is 11.5. The van der Waals surface area contributed by atoms with Gasteiger partial charge in [-0.25, -0.2) is 4.79 Å². The minimum atomic E-state index is -0.543. The lowest BCUT2D eigenvalue weighted by Crippen LogP contribution is -2.14. The Labute approximate surface area is 202 Å². The molecule has 5 nitrogen and oxygen atoms in total. The summed E-state index contributed by atoms with van der Waals surface area (Å²) in [5.74, 6) is 0.732. The van der Waals surface area contributed by atoms with Crippen molar-refractivity contribution in [2.24, 2.45) is 0 Å². The summed E-state index contributed by atoms with van der Waals surface area (Å²) in [5, 5.41) is 0. The molecule has 180 valence electrons. The zero-order chi connectivity index (χ0) is 25.1. The van der Waals surface area contributed by atoms with Crippen LogP contribution in [-0.4, -0.2) is 27.3 Å². The van der Waals surface area contributed by atoms with Gasteiger partial charge in [0.2, 0.25) is 5.75 Å². The first kappa shape index (κ1) is 26.5. The molecule has 0 aromatic heterocycles. The number of carbonyl (C=O) groups excluding carboxylic acids is 1. The van der Waals surface area contributed by atoms with Crippen LogP contribution in [0.4, 0.5) is 0 Å². The molecule has 0 aliphatic heterocycles. The third kappa shape index (κ3) is 5.60. The Morgan fingerprint density at radius 2 is 1.12 bits per heavy atom. The first-order valence-corrected chi connectivity index (χ1v) is 11.5. The molecular formula is C29H34O5. The number of benzene rings is 3. The van der Waals surface area contributed by atoms with Gasteiger partial charge in [-0.3, -0.25) is 0 Å². The Hall–Kier alpha value is -3.73. The number of ether oxygens (including phenoxy) is 4. The maximum absolute atomic E-state index is 13.2. The van der Waals surface area contributed by atoms with E-state index < -0.39 is 12.1 Å². The molecule has 3 aromatic carbocycles. The number of fused-ring (bicyclic) bond motifs is 2. The molecule has 0 fully saturated rings. The quantitative estimate of drug-likeness (QED) is 0.375. The fraction of sp³-hybridized carbons (Fsp3) is 0.276. The van der Waals surface area contributed by atoms with Gasteiger partial charge in [-0.05, 0) is 23.3 Å². The second-order valence-corrected chi connectivity index (χ2v) is 6.79. The summed E-state index contributed by atoms with van der Waals surface area (Å²) >= 11 is 0. The summed E-state index contributed by atoms with van der Waals surface area (Å²) in [5.41, 5.74) is 4.20. The van der Waals surface area contributed by atoms with Crippen molar-refractivity contribution in [2.75, 3.05) is 21.3 Å². The van der Waals surface area contributed by atoms with Crippen LogP contribution in [0, 0.1) is 0 Å². The van der Waals surface area contributed by atoms with E-state index in [0.29, 0.717) is 22.8 Å². The molecule has 0 saturated heterocycles. The molecule has 0 unspecified atom stereocenters. The maximum Gasteiger partial charge on any atom is 0.339 e. The van der Waals surface area contributed by atoms with E-state index in [4.69, 9.17) is 18.9 Å². The normalized spacial score (nSPS) is 11.3. The fourth-order valence-electron chi connectivity index (χ4n) is 3.65. The molecule has 5 heteroatoms. The minimum absolute atomic E-state index is 0.316. The fourth-order valence-corrected chi connectivity index (χ4v) is 3.65. The van der Waals surface area contributed by atoms with Crippen LogP contribution < -0.4 is 14.2 Å². The predicted octanol–water partition coefficient (Wildman–Crippen LogP) is 7.20. The van der Waals surface area contributed by atoms with Crippen molar-refractivity contribution in [3.05, 3.63) is 88.5 Å². The molecule has 0 heterocycles. The lowest BCUT2D eigenvalue weighted by Gasteiger charge is -2.21. The summed E-state index contributed by atoms with van der Waals surface area (Å²) in [4.78, 5) is 13.2. The second-order valence-electron chi connectivity index (χ2n) is 6.79. The Bertz CT molecular complexity index is 1040. The number of hydrogen-bond donors (Lipinski definition) is 0. The summed E-state index contributed by atoms with van der Waals surface area (Å²) in [6.07, 6.45) is 3.54. The topological polar surface area (TPSA) is 54.0 Å². The highest BCUT2D eigenvalue weighted by atomic mass is 16.5. The summed E-state index contributed by atoms with van der Waals surface area (Å²) in [6, 6.07) is 19.0. The van der Waals surface area contributed by atoms with Gasteiger partial charge in [-0.1, -0.05) is 88.4 Å². The highest BCUT2D eigenvalue weighted by Gasteiger charge is 2.26. The van der Waals surface area contributed by atoms with Crippen molar-refractivity contribution < 1.29 is 23.7 Å². The number of rotatable bonds is 5. The van der Waals surface area contributed by atoms with E-state index in [9.17, 15) is 4.79 Å². The lowest BCUT2D eigenvalue weighted by molar-refractivity contribution is 0.0377. The van der Waals surface area contributed by atoms with Crippen LogP contribution in [-0.2, 0) is 4.74 Å². The van der Waals surface area contributed by atoms with Crippen LogP contribution in [0.1, 0.15) is 66.4 Å². The van der Waals surface area contributed by atoms with Crippen molar-refractivity contribution in [1.29, 1.82) is 0 Å². The molecule has 0 amide bonds. The van der Waals surface area contributed by atoms with E-state index in [2.05, 4.69) is 0 Å². The Balaban J connectivity index is 0.000000970. The van der Waals surface area contributed by atoms with E-state index in [1.54, 1.807) is 12.1 Å². The van der Waals surface area contributed by atoms with Gasteiger partial charge in [0.15, 0.2) is 17.6 Å². The minimum Gasteiger partial charge on any atom is -0.493 e. The van der Waals surface area contributed by atoms with Gasteiger partial charge in [0.1, 0.15) is 0 Å². The van der Waals surface area contributed by atoms with Gasteiger partial charge in [0.05, 0.1) is 26.9 Å². The number of methoxy groups -OCH3 is 3. The van der Waals surface area contributed by atoms with Crippen LogP contribution in [0.5, 0.6) is 17.2 Å². The third-order valence-electron chi connectivity index (χ3n) is 5.12. The third-order valence-corrected chi connectivity index (χ3v) is 5.12. The molecule has 0 spiro atoms. The molecule has 4 rings (SSSR count). The van der Waals surface area contributed by atoms with Gasteiger partial charge < -0.3 is 18.9 Å². The zero-order valence-corrected chi connectivity index (χ0v) is 21.0. The van der Waals surface area contributed by atoms with Crippen molar-refractivity contribution in [3.63, 3.8) is 0 Å². The summed E-state index contributed by atoms with van der Waals surface area (Å²) in [6.45, 7) is 8.00. The van der Waals surface area contributed by atoms with E-state index in [0.717, 1.165) is 22.3 Å². The van der Waals surface area contributed by atoms with Crippen molar-refractivity contribution in [2.45, 2.75) is 33.8 Å². The number of hydrogen-bond acceptors (Lipinski definition) is 5. The molecule has 1 aliphatic carbocycles. The predicted molar refractivity (Wildman–Crippen MR) is 138 cm³/mol. The lowest BCUT2D eigenvalue weighted by atomic mass is 9.96. The van der Waals surface area contributed by atoms with E-state index in [-0.39, 0.29) is 0 Å². The largest absolute Gasteiger partial charge is 0.493 e. The van der Waals surface area contributed by atoms with Gasteiger partial charge in [-0.2, -0.15) is 0 Å². The van der Waals surface area contributed by atoms with Crippen molar-refractivity contribution >= 4 is 18.1 Å². The second kappa shape index (κ2) is 13.1. The smallest absolute Gasteiger partial charge is 0.339 e. The van der Waals surface area contributed by atoms with Gasteiger partial charge in [-0.15, -0.1) is 0 Å². The zero-order valence-electron chi connectivity index (χ0n) is 21.0. The molecule has 0 saturated carbocycles. The maximum atomic E-state index is 13.2. The molecule has 3 aromatic rings. The SMILES string of the molecule is CC.CC.COc1cc(C(=O)OC2c3ccccc3C=Cc3ccccc32)cc(OC)c1OC.